The van der Waals surface area contributed by atoms with Crippen LogP contribution in [-0.2, 0) is 9.59 Å². The second kappa shape index (κ2) is 20.8. The minimum absolute atomic E-state index is 0.231. The molecule has 0 spiro atoms. The number of hydrogen-bond acceptors (Lipinski definition) is 4. The second-order valence-corrected chi connectivity index (χ2v) is 5.55. The van der Waals surface area contributed by atoms with Gasteiger partial charge in [0.2, 0.25) is 5.91 Å². The maximum Gasteiger partial charge on any atom is 0.244 e. The standard InChI is InChI=1S/C9H17NO.C7H7N.C3H3N.C3H4O/c1-6(2)5-8(7(3)4)9(10)11;1-2-7-5-3-4-6-8-7;2*1-2-3-4/h5-7H,1-4H3,(H2,10,11);2-6H,1H2;2H,1H2;2-3H,1H2. The SMILES string of the molecule is C=CC#N.C=CC=O.C=Cc1ccccn1.CC(C)C=C(C(N)=O)C(C)C. The van der Waals surface area contributed by atoms with E-state index in [9.17, 15) is 4.79 Å². The van der Waals surface area contributed by atoms with Gasteiger partial charge in [0, 0.05) is 17.8 Å². The van der Waals surface area contributed by atoms with Gasteiger partial charge in [-0.3, -0.25) is 14.6 Å². The van der Waals surface area contributed by atoms with Gasteiger partial charge in [-0.2, -0.15) is 5.26 Å². The minimum Gasteiger partial charge on any atom is -0.366 e. The van der Waals surface area contributed by atoms with Crippen molar-refractivity contribution in [2.45, 2.75) is 27.7 Å². The third-order valence-corrected chi connectivity index (χ3v) is 2.50. The van der Waals surface area contributed by atoms with Gasteiger partial charge in [-0.05, 0) is 36.1 Å². The maximum atomic E-state index is 10.8. The lowest BCUT2D eigenvalue weighted by atomic mass is 9.99. The van der Waals surface area contributed by atoms with Crippen LogP contribution >= 0.6 is 0 Å². The van der Waals surface area contributed by atoms with Crippen LogP contribution in [0.4, 0.5) is 0 Å². The van der Waals surface area contributed by atoms with Crippen LogP contribution in [0.5, 0.6) is 0 Å². The van der Waals surface area contributed by atoms with E-state index in [4.69, 9.17) is 15.8 Å². The van der Waals surface area contributed by atoms with Crippen LogP contribution in [0.1, 0.15) is 33.4 Å². The Kier molecular flexibility index (Phi) is 22.0. The Bertz CT molecular complexity index is 619. The number of nitriles is 1. The highest BCUT2D eigenvalue weighted by Gasteiger charge is 2.09. The third kappa shape index (κ3) is 22.7. The van der Waals surface area contributed by atoms with Gasteiger partial charge in [0.25, 0.3) is 0 Å². The van der Waals surface area contributed by atoms with Gasteiger partial charge in [0.1, 0.15) is 6.29 Å². The molecular formula is C22H31N3O2. The number of carbonyl (C=O) groups is 2. The lowest BCUT2D eigenvalue weighted by Gasteiger charge is -2.08. The summed E-state index contributed by atoms with van der Waals surface area (Å²) in [6.07, 6.45) is 8.41. The molecule has 27 heavy (non-hydrogen) atoms. The Labute approximate surface area is 163 Å². The van der Waals surface area contributed by atoms with Crippen molar-refractivity contribution < 1.29 is 9.59 Å². The van der Waals surface area contributed by atoms with E-state index in [0.29, 0.717) is 12.2 Å². The minimum atomic E-state index is -0.297. The van der Waals surface area contributed by atoms with Gasteiger partial charge in [-0.25, -0.2) is 0 Å². The van der Waals surface area contributed by atoms with Crippen molar-refractivity contribution in [1.82, 2.24) is 4.98 Å². The Morgan fingerprint density at radius 1 is 1.22 bits per heavy atom. The van der Waals surface area contributed by atoms with E-state index < -0.39 is 0 Å². The van der Waals surface area contributed by atoms with Gasteiger partial charge in [-0.15, -0.1) is 0 Å². The zero-order valence-corrected chi connectivity index (χ0v) is 16.8. The molecule has 2 N–H and O–H groups in total. The molecule has 1 amide bonds. The van der Waals surface area contributed by atoms with Gasteiger partial charge < -0.3 is 5.73 Å². The molecule has 1 aromatic heterocycles. The van der Waals surface area contributed by atoms with Gasteiger partial charge in [0.05, 0.1) is 11.8 Å². The molecule has 0 bridgehead atoms. The van der Waals surface area contributed by atoms with Crippen molar-refractivity contribution in [3.8, 4) is 6.07 Å². The van der Waals surface area contributed by atoms with E-state index in [-0.39, 0.29) is 11.8 Å². The third-order valence-electron chi connectivity index (χ3n) is 2.50. The first kappa shape index (κ1) is 28.5. The first-order valence-corrected chi connectivity index (χ1v) is 8.33. The van der Waals surface area contributed by atoms with Crippen LogP contribution in [-0.4, -0.2) is 17.2 Å². The maximum absolute atomic E-state index is 10.8. The number of amides is 1. The molecule has 0 aliphatic carbocycles. The molecule has 0 aliphatic rings. The molecule has 0 aromatic carbocycles. The number of nitrogens with two attached hydrogens (primary N) is 1. The molecular weight excluding hydrogens is 338 g/mol. The van der Waals surface area contributed by atoms with E-state index in [1.165, 1.54) is 12.2 Å². The van der Waals surface area contributed by atoms with E-state index in [1.807, 2.05) is 52.0 Å². The summed E-state index contributed by atoms with van der Waals surface area (Å²) >= 11 is 0. The van der Waals surface area contributed by atoms with E-state index in [2.05, 4.69) is 24.7 Å². The summed E-state index contributed by atoms with van der Waals surface area (Å²) in [4.78, 5) is 23.9. The fraction of sp³-hybridized carbons (Fsp3) is 0.273. The number of rotatable bonds is 5. The monoisotopic (exact) mass is 369 g/mol. The first-order valence-electron chi connectivity index (χ1n) is 8.33. The predicted octanol–water partition coefficient (Wildman–Crippen LogP) is 4.50. The highest BCUT2D eigenvalue weighted by Crippen LogP contribution is 2.11. The van der Waals surface area contributed by atoms with Gasteiger partial charge in [-0.1, -0.05) is 59.6 Å². The van der Waals surface area contributed by atoms with Gasteiger partial charge in [0.15, 0.2) is 0 Å². The Morgan fingerprint density at radius 3 is 1.89 bits per heavy atom. The summed E-state index contributed by atoms with van der Waals surface area (Å²) in [5.41, 5.74) is 6.84. The van der Waals surface area contributed by atoms with Crippen molar-refractivity contribution in [3.05, 3.63) is 73.6 Å². The zero-order chi connectivity index (χ0) is 21.7. The summed E-state index contributed by atoms with van der Waals surface area (Å²) in [5.74, 6) is 0.323. The number of primary amides is 1. The number of nitrogens with zero attached hydrogens (tertiary/aromatic N) is 2. The molecule has 1 aromatic rings. The molecule has 5 nitrogen and oxygen atoms in total. The Hall–Kier alpha value is -3.26. The molecule has 0 saturated carbocycles. The number of carbonyl (C=O) groups excluding carboxylic acids is 2. The number of aromatic nitrogens is 1. The highest BCUT2D eigenvalue weighted by atomic mass is 16.1. The van der Waals surface area contributed by atoms with Crippen LogP contribution in [0, 0.1) is 23.2 Å². The first-order chi connectivity index (χ1) is 12.7. The molecule has 146 valence electrons. The molecule has 0 radical (unpaired) electrons. The predicted molar refractivity (Wildman–Crippen MR) is 113 cm³/mol. The molecule has 5 heteroatoms. The van der Waals surface area contributed by atoms with Crippen LogP contribution < -0.4 is 5.73 Å². The summed E-state index contributed by atoms with van der Waals surface area (Å²) in [5, 5.41) is 7.51. The number of hydrogen-bond donors (Lipinski definition) is 1. The molecule has 0 fully saturated rings. The number of aldehydes is 1. The fourth-order valence-corrected chi connectivity index (χ4v) is 1.41. The van der Waals surface area contributed by atoms with Crippen molar-refractivity contribution in [3.63, 3.8) is 0 Å². The van der Waals surface area contributed by atoms with E-state index >= 15 is 0 Å². The van der Waals surface area contributed by atoms with Crippen molar-refractivity contribution in [1.29, 1.82) is 5.26 Å². The molecule has 0 saturated heterocycles. The zero-order valence-electron chi connectivity index (χ0n) is 16.8. The fourth-order valence-electron chi connectivity index (χ4n) is 1.41. The normalized spacial score (nSPS) is 9.00. The lowest BCUT2D eigenvalue weighted by Crippen LogP contribution is -2.18. The summed E-state index contributed by atoms with van der Waals surface area (Å²) in [6, 6.07) is 7.42. The average Bonchev–Trinajstić information content (AvgIpc) is 2.67. The molecule has 0 atom stereocenters. The average molecular weight is 370 g/mol. The smallest absolute Gasteiger partial charge is 0.244 e. The van der Waals surface area contributed by atoms with Gasteiger partial charge >= 0.3 is 0 Å². The van der Waals surface area contributed by atoms with Crippen LogP contribution in [0.15, 0.2) is 67.9 Å². The number of pyridine rings is 1. The van der Waals surface area contributed by atoms with Crippen LogP contribution in [0.3, 0.4) is 0 Å². The highest BCUT2D eigenvalue weighted by molar-refractivity contribution is 5.92. The summed E-state index contributed by atoms with van der Waals surface area (Å²) < 4.78 is 0. The molecule has 0 aliphatic heterocycles. The molecule has 0 unspecified atom stereocenters. The van der Waals surface area contributed by atoms with E-state index in [1.54, 1.807) is 18.3 Å². The Morgan fingerprint density at radius 2 is 1.74 bits per heavy atom. The van der Waals surface area contributed by atoms with E-state index in [0.717, 1.165) is 11.3 Å². The second-order valence-electron chi connectivity index (χ2n) is 5.55. The largest absolute Gasteiger partial charge is 0.366 e. The number of allylic oxidation sites excluding steroid dienone is 3. The summed E-state index contributed by atoms with van der Waals surface area (Å²) in [7, 11) is 0. The van der Waals surface area contributed by atoms with Crippen molar-refractivity contribution in [2.24, 2.45) is 17.6 Å². The quantitative estimate of drug-likeness (QED) is 0.469. The topological polar surface area (TPSA) is 96.8 Å². The van der Waals surface area contributed by atoms with Crippen LogP contribution in [0.25, 0.3) is 6.08 Å². The van der Waals surface area contributed by atoms with Crippen molar-refractivity contribution in [2.75, 3.05) is 0 Å². The molecule has 1 rings (SSSR count). The lowest BCUT2D eigenvalue weighted by molar-refractivity contribution is -0.115. The molecule has 1 heterocycles. The van der Waals surface area contributed by atoms with Crippen LogP contribution in [0.2, 0.25) is 0 Å². The Balaban J connectivity index is -0.000000314. The van der Waals surface area contributed by atoms with Crippen molar-refractivity contribution >= 4 is 18.3 Å². The summed E-state index contributed by atoms with van der Waals surface area (Å²) in [6.45, 7) is 17.8.